The maximum Gasteiger partial charge on any atom is 0.233 e. The first-order valence-electron chi connectivity index (χ1n) is 8.51. The number of hydrogen-bond acceptors (Lipinski definition) is 3. The summed E-state index contributed by atoms with van der Waals surface area (Å²) < 4.78 is 5.74. The molecule has 1 aromatic carbocycles. The van der Waals surface area contributed by atoms with E-state index in [1.165, 1.54) is 0 Å². The second-order valence-corrected chi connectivity index (χ2v) is 8.24. The third-order valence-electron chi connectivity index (χ3n) is 4.72. The zero-order valence-electron chi connectivity index (χ0n) is 14.4. The standard InChI is InChI=1S/C19H18BrCl3N2O2/c20-8-19(26)25-10-13(5-6-27-18-4-2-14(21)9-24-18)15(11-25)12-1-3-16(22)17(23)7-12/h1-4,7,9,13,15H,5-6,8,10-11H2. The number of alkyl halides is 1. The van der Waals surface area contributed by atoms with Gasteiger partial charge in [0.2, 0.25) is 11.8 Å². The molecule has 0 aliphatic carbocycles. The third-order valence-corrected chi connectivity index (χ3v) is 6.16. The van der Waals surface area contributed by atoms with E-state index < -0.39 is 0 Å². The molecule has 4 nitrogen and oxygen atoms in total. The number of halogens is 4. The lowest BCUT2D eigenvalue weighted by molar-refractivity contribution is -0.127. The first-order valence-corrected chi connectivity index (χ1v) is 10.8. The minimum Gasteiger partial charge on any atom is -0.478 e. The van der Waals surface area contributed by atoms with Crippen molar-refractivity contribution in [3.63, 3.8) is 0 Å². The van der Waals surface area contributed by atoms with Gasteiger partial charge in [-0.1, -0.05) is 56.8 Å². The monoisotopic (exact) mass is 490 g/mol. The van der Waals surface area contributed by atoms with Crippen LogP contribution >= 0.6 is 50.7 Å². The number of rotatable bonds is 6. The Morgan fingerprint density at radius 1 is 1.19 bits per heavy atom. The van der Waals surface area contributed by atoms with Crippen molar-refractivity contribution in [3.05, 3.63) is 57.2 Å². The van der Waals surface area contributed by atoms with Gasteiger partial charge in [0.05, 0.1) is 27.0 Å². The highest BCUT2D eigenvalue weighted by atomic mass is 79.9. The number of nitrogens with zero attached hydrogens (tertiary/aromatic N) is 2. The van der Waals surface area contributed by atoms with Crippen LogP contribution in [0.2, 0.25) is 15.1 Å². The van der Waals surface area contributed by atoms with Crippen molar-refractivity contribution < 1.29 is 9.53 Å². The molecule has 1 aliphatic heterocycles. The quantitative estimate of drug-likeness (QED) is 0.504. The summed E-state index contributed by atoms with van der Waals surface area (Å²) in [4.78, 5) is 18.2. The maximum absolute atomic E-state index is 12.2. The fourth-order valence-corrected chi connectivity index (χ4v) is 4.11. The lowest BCUT2D eigenvalue weighted by Gasteiger charge is -2.19. The minimum atomic E-state index is 0.0860. The zero-order chi connectivity index (χ0) is 19.4. The second-order valence-electron chi connectivity index (χ2n) is 6.42. The summed E-state index contributed by atoms with van der Waals surface area (Å²) in [5.74, 6) is 1.07. The lowest BCUT2D eigenvalue weighted by atomic mass is 9.87. The van der Waals surface area contributed by atoms with E-state index in [1.807, 2.05) is 17.0 Å². The number of ether oxygens (including phenoxy) is 1. The summed E-state index contributed by atoms with van der Waals surface area (Å²) in [5, 5.41) is 1.95. The van der Waals surface area contributed by atoms with Gasteiger partial charge >= 0.3 is 0 Å². The fourth-order valence-electron chi connectivity index (χ4n) is 3.34. The maximum atomic E-state index is 12.2. The van der Waals surface area contributed by atoms with Crippen molar-refractivity contribution in [2.45, 2.75) is 12.3 Å². The smallest absolute Gasteiger partial charge is 0.233 e. The molecule has 1 aliphatic rings. The number of amides is 1. The van der Waals surface area contributed by atoms with Crippen molar-refractivity contribution >= 4 is 56.6 Å². The van der Waals surface area contributed by atoms with E-state index in [1.54, 1.807) is 24.4 Å². The molecule has 27 heavy (non-hydrogen) atoms. The number of hydrogen-bond donors (Lipinski definition) is 0. The summed E-state index contributed by atoms with van der Waals surface area (Å²) in [6.45, 7) is 1.85. The molecule has 0 saturated carbocycles. The van der Waals surface area contributed by atoms with E-state index in [9.17, 15) is 4.79 Å². The number of carbonyl (C=O) groups is 1. The molecule has 1 amide bonds. The van der Waals surface area contributed by atoms with Crippen LogP contribution in [-0.4, -0.2) is 40.8 Å². The van der Waals surface area contributed by atoms with Gasteiger partial charge in [-0.05, 0) is 36.1 Å². The van der Waals surface area contributed by atoms with E-state index in [0.717, 1.165) is 12.0 Å². The van der Waals surface area contributed by atoms with E-state index in [2.05, 4.69) is 20.9 Å². The molecule has 0 bridgehead atoms. The normalized spacial score (nSPS) is 19.3. The number of aromatic nitrogens is 1. The Balaban J connectivity index is 1.69. The summed E-state index contributed by atoms with van der Waals surface area (Å²) >= 11 is 21.3. The Kier molecular flexibility index (Phi) is 7.26. The predicted octanol–water partition coefficient (Wildman–Crippen LogP) is 5.45. The first kappa shape index (κ1) is 20.7. The van der Waals surface area contributed by atoms with Crippen LogP contribution in [0.3, 0.4) is 0 Å². The Labute approximate surface area is 181 Å². The molecule has 3 rings (SSSR count). The molecule has 0 N–H and O–H groups in total. The molecule has 1 aromatic heterocycles. The highest BCUT2D eigenvalue weighted by Crippen LogP contribution is 2.37. The van der Waals surface area contributed by atoms with Gasteiger partial charge in [0, 0.05) is 31.3 Å². The van der Waals surface area contributed by atoms with E-state index in [4.69, 9.17) is 39.5 Å². The summed E-state index contributed by atoms with van der Waals surface area (Å²) in [5.41, 5.74) is 1.09. The largest absolute Gasteiger partial charge is 0.478 e. The second kappa shape index (κ2) is 9.46. The number of pyridine rings is 1. The van der Waals surface area contributed by atoms with Crippen LogP contribution in [0.25, 0.3) is 0 Å². The predicted molar refractivity (Wildman–Crippen MR) is 112 cm³/mol. The molecule has 1 fully saturated rings. The van der Waals surface area contributed by atoms with Gasteiger partial charge in [0.25, 0.3) is 0 Å². The van der Waals surface area contributed by atoms with Crippen LogP contribution in [-0.2, 0) is 4.79 Å². The fraction of sp³-hybridized carbons (Fsp3) is 0.368. The van der Waals surface area contributed by atoms with Gasteiger partial charge in [0.1, 0.15) is 0 Å². The number of likely N-dealkylation sites (tertiary alicyclic amines) is 1. The Hall–Kier alpha value is -1.01. The molecular formula is C19H18BrCl3N2O2. The van der Waals surface area contributed by atoms with Crippen LogP contribution in [0.4, 0.5) is 0 Å². The zero-order valence-corrected chi connectivity index (χ0v) is 18.2. The average molecular weight is 493 g/mol. The summed E-state index contributed by atoms with van der Waals surface area (Å²) in [6.07, 6.45) is 2.35. The first-order chi connectivity index (χ1) is 13.0. The van der Waals surface area contributed by atoms with Gasteiger partial charge in [-0.3, -0.25) is 4.79 Å². The Morgan fingerprint density at radius 2 is 2.00 bits per heavy atom. The van der Waals surface area contributed by atoms with Gasteiger partial charge in [-0.15, -0.1) is 0 Å². The number of benzene rings is 1. The number of carbonyl (C=O) groups excluding carboxylic acids is 1. The van der Waals surface area contributed by atoms with Gasteiger partial charge < -0.3 is 9.64 Å². The van der Waals surface area contributed by atoms with Crippen LogP contribution in [0.5, 0.6) is 5.88 Å². The molecule has 144 valence electrons. The van der Waals surface area contributed by atoms with Crippen molar-refractivity contribution in [2.75, 3.05) is 25.0 Å². The minimum absolute atomic E-state index is 0.0860. The highest BCUT2D eigenvalue weighted by molar-refractivity contribution is 9.09. The lowest BCUT2D eigenvalue weighted by Crippen LogP contribution is -2.29. The van der Waals surface area contributed by atoms with E-state index in [-0.39, 0.29) is 17.7 Å². The van der Waals surface area contributed by atoms with Crippen LogP contribution < -0.4 is 4.74 Å². The average Bonchev–Trinajstić information content (AvgIpc) is 3.09. The third kappa shape index (κ3) is 5.29. The van der Waals surface area contributed by atoms with Crippen LogP contribution in [0.1, 0.15) is 17.9 Å². The van der Waals surface area contributed by atoms with Gasteiger partial charge in [-0.2, -0.15) is 0 Å². The molecule has 8 heteroatoms. The highest BCUT2D eigenvalue weighted by Gasteiger charge is 2.35. The van der Waals surface area contributed by atoms with Crippen molar-refractivity contribution in [1.29, 1.82) is 0 Å². The van der Waals surface area contributed by atoms with Crippen LogP contribution in [0.15, 0.2) is 36.5 Å². The van der Waals surface area contributed by atoms with E-state index >= 15 is 0 Å². The molecule has 2 heterocycles. The topological polar surface area (TPSA) is 42.4 Å². The van der Waals surface area contributed by atoms with Gasteiger partial charge in [-0.25, -0.2) is 4.98 Å². The summed E-state index contributed by atoms with van der Waals surface area (Å²) in [7, 11) is 0. The van der Waals surface area contributed by atoms with Crippen molar-refractivity contribution in [3.8, 4) is 5.88 Å². The molecule has 1 saturated heterocycles. The molecular weight excluding hydrogens is 474 g/mol. The van der Waals surface area contributed by atoms with Crippen LogP contribution in [0, 0.1) is 5.92 Å². The molecule has 0 spiro atoms. The Morgan fingerprint density at radius 3 is 2.67 bits per heavy atom. The Bertz CT molecular complexity index is 804. The molecule has 2 atom stereocenters. The molecule has 2 unspecified atom stereocenters. The van der Waals surface area contributed by atoms with Crippen molar-refractivity contribution in [2.24, 2.45) is 5.92 Å². The van der Waals surface area contributed by atoms with Crippen molar-refractivity contribution in [1.82, 2.24) is 9.88 Å². The molecule has 0 radical (unpaired) electrons. The molecule has 2 aromatic rings. The van der Waals surface area contributed by atoms with E-state index in [0.29, 0.717) is 46.0 Å². The summed E-state index contributed by atoms with van der Waals surface area (Å²) in [6, 6.07) is 9.17. The van der Waals surface area contributed by atoms with Gasteiger partial charge in [0.15, 0.2) is 0 Å². The SMILES string of the molecule is O=C(CBr)N1CC(CCOc2ccc(Cl)cn2)C(c2ccc(Cl)c(Cl)c2)C1.